The Morgan fingerprint density at radius 1 is 1.19 bits per heavy atom. The number of hydrogen-bond acceptors (Lipinski definition) is 9. The summed E-state index contributed by atoms with van der Waals surface area (Å²) in [4.78, 5) is 5.41. The molecule has 0 unspecified atom stereocenters. The molecule has 0 amide bonds. The number of sulfonamides is 1. The predicted octanol–water partition coefficient (Wildman–Crippen LogP) is 7.12. The second-order valence-corrected chi connectivity index (χ2v) is 22.2. The van der Waals surface area contributed by atoms with Gasteiger partial charge < -0.3 is 4.74 Å². The predicted molar refractivity (Wildman–Crippen MR) is 165 cm³/mol. The third-order valence-electron chi connectivity index (χ3n) is 7.26. The number of aromatic nitrogens is 5. The van der Waals surface area contributed by atoms with Crippen LogP contribution in [0.5, 0.6) is 0 Å². The molecule has 3 heterocycles. The van der Waals surface area contributed by atoms with Crippen LogP contribution in [0.4, 0.5) is 8.78 Å². The number of aryl methyl sites for hydroxylation is 2. The Labute approximate surface area is 257 Å². The van der Waals surface area contributed by atoms with Crippen LogP contribution < -0.4 is 0 Å². The zero-order chi connectivity index (χ0) is 30.6. The highest BCUT2D eigenvalue weighted by Gasteiger charge is 2.49. The van der Waals surface area contributed by atoms with Gasteiger partial charge in [0.25, 0.3) is 6.43 Å². The molecule has 0 atom stereocenters. The maximum Gasteiger partial charge on any atom is 0.291 e. The molecule has 16 heteroatoms. The summed E-state index contributed by atoms with van der Waals surface area (Å²) in [5, 5.41) is 13.4. The van der Waals surface area contributed by atoms with Crippen molar-refractivity contribution < 1.29 is 21.9 Å². The first-order valence-corrected chi connectivity index (χ1v) is 20.6. The number of hydrogen-bond donors (Lipinski definition) is 0. The molecule has 0 saturated heterocycles. The van der Waals surface area contributed by atoms with E-state index in [0.29, 0.717) is 35.4 Å². The highest BCUT2D eigenvalue weighted by Crippen LogP contribution is 2.45. The van der Waals surface area contributed by atoms with Crippen molar-refractivity contribution in [1.29, 1.82) is 0 Å². The number of rotatable bonds is 12. The number of halogens is 3. The number of thiazole rings is 1. The van der Waals surface area contributed by atoms with Gasteiger partial charge in [-0.3, -0.25) is 4.68 Å². The molecule has 0 N–H and O–H groups in total. The lowest BCUT2D eigenvalue weighted by atomic mass is 10.2. The van der Waals surface area contributed by atoms with E-state index in [2.05, 4.69) is 34.8 Å². The minimum absolute atomic E-state index is 0.0221. The van der Waals surface area contributed by atoms with Gasteiger partial charge in [-0.25, -0.2) is 22.2 Å². The molecule has 5 rings (SSSR count). The molecule has 4 aromatic rings. The van der Waals surface area contributed by atoms with Gasteiger partial charge in [0.15, 0.2) is 10.0 Å². The highest BCUT2D eigenvalue weighted by molar-refractivity contribution is 7.89. The Balaban J connectivity index is 1.59. The fourth-order valence-electron chi connectivity index (χ4n) is 4.54. The van der Waals surface area contributed by atoms with Crippen LogP contribution in [0.15, 0.2) is 17.0 Å². The van der Waals surface area contributed by atoms with Gasteiger partial charge in [0.05, 0.1) is 32.7 Å². The van der Waals surface area contributed by atoms with Crippen LogP contribution in [0.2, 0.25) is 30.7 Å². The van der Waals surface area contributed by atoms with E-state index in [1.165, 1.54) is 27.8 Å². The van der Waals surface area contributed by atoms with E-state index in [1.807, 2.05) is 20.8 Å². The van der Waals surface area contributed by atoms with Gasteiger partial charge in [-0.1, -0.05) is 42.6 Å². The van der Waals surface area contributed by atoms with Crippen LogP contribution in [0, 0.1) is 13.8 Å². The van der Waals surface area contributed by atoms with E-state index in [1.54, 1.807) is 4.68 Å². The number of fused-ring (bicyclic) bond motifs is 1. The summed E-state index contributed by atoms with van der Waals surface area (Å²) in [5.41, 5.74) is 0.999. The molecule has 1 aromatic carbocycles. The Morgan fingerprint density at radius 3 is 2.48 bits per heavy atom. The fraction of sp³-hybridized carbons (Fsp3) is 0.538. The zero-order valence-corrected chi connectivity index (χ0v) is 28.4. The van der Waals surface area contributed by atoms with E-state index >= 15 is 0 Å². The van der Waals surface area contributed by atoms with Crippen LogP contribution in [0.1, 0.15) is 46.8 Å². The van der Waals surface area contributed by atoms with Gasteiger partial charge in [-0.2, -0.15) is 9.40 Å². The quantitative estimate of drug-likeness (QED) is 0.0895. The Kier molecular flexibility index (Phi) is 8.68. The van der Waals surface area contributed by atoms with Crippen molar-refractivity contribution in [2.24, 2.45) is 0 Å². The first-order chi connectivity index (χ1) is 19.6. The molecule has 42 heavy (non-hydrogen) atoms. The second-order valence-electron chi connectivity index (χ2n) is 12.0. The lowest BCUT2D eigenvalue weighted by molar-refractivity contribution is 0.0591. The van der Waals surface area contributed by atoms with Crippen LogP contribution in [0.25, 0.3) is 21.6 Å². The van der Waals surface area contributed by atoms with Gasteiger partial charge in [0.1, 0.15) is 12.4 Å². The van der Waals surface area contributed by atoms with Crippen molar-refractivity contribution in [1.82, 2.24) is 29.3 Å². The van der Waals surface area contributed by atoms with Crippen molar-refractivity contribution >= 4 is 63.3 Å². The molecule has 1 aliphatic rings. The molecule has 1 saturated carbocycles. The van der Waals surface area contributed by atoms with Gasteiger partial charge in [-0.05, 0) is 51.8 Å². The standard InChI is InChI=1S/C26H33ClF2N6O3S3Si/c1-15-20(39-16(2)30-15)13-34-22-18(21(33-34)24-31-32-25(40-24)23(28)29)11-17(12-19(22)27)41(36,37)35(26(3)7-8-26)14-38-9-10-42(4,5)6/h11-12,23H,7-10,13-14H2,1-6H3. The highest BCUT2D eigenvalue weighted by atomic mass is 35.5. The van der Waals surface area contributed by atoms with E-state index in [0.717, 1.165) is 34.5 Å². The summed E-state index contributed by atoms with van der Waals surface area (Å²) in [6.07, 6.45) is -1.35. The number of alkyl halides is 2. The summed E-state index contributed by atoms with van der Waals surface area (Å²) in [6.45, 7) is 13.2. The van der Waals surface area contributed by atoms with Crippen molar-refractivity contribution in [2.45, 2.75) is 82.7 Å². The van der Waals surface area contributed by atoms with E-state index in [-0.39, 0.29) is 27.4 Å². The van der Waals surface area contributed by atoms with E-state index in [9.17, 15) is 17.2 Å². The number of benzene rings is 1. The number of ether oxygens (including phenoxy) is 1. The molecule has 1 fully saturated rings. The molecule has 0 spiro atoms. The van der Waals surface area contributed by atoms with E-state index in [4.69, 9.17) is 21.4 Å². The Bertz CT molecular complexity index is 1730. The lowest BCUT2D eigenvalue weighted by Gasteiger charge is -2.28. The molecule has 0 bridgehead atoms. The van der Waals surface area contributed by atoms with Gasteiger partial charge in [0, 0.05) is 30.5 Å². The second kappa shape index (κ2) is 11.6. The topological polar surface area (TPSA) is 103 Å². The van der Waals surface area contributed by atoms with Crippen LogP contribution in [-0.4, -0.2) is 64.6 Å². The largest absolute Gasteiger partial charge is 0.365 e. The first-order valence-electron chi connectivity index (χ1n) is 13.4. The number of nitrogens with zero attached hydrogens (tertiary/aromatic N) is 6. The third-order valence-corrected chi connectivity index (χ3v) is 13.2. The van der Waals surface area contributed by atoms with Gasteiger partial charge >= 0.3 is 0 Å². The van der Waals surface area contributed by atoms with Crippen LogP contribution >= 0.6 is 34.3 Å². The normalized spacial score (nSPS) is 15.4. The van der Waals surface area contributed by atoms with Crippen molar-refractivity contribution in [3.63, 3.8) is 0 Å². The zero-order valence-electron chi connectivity index (χ0n) is 24.2. The lowest BCUT2D eigenvalue weighted by Crippen LogP contribution is -2.42. The summed E-state index contributed by atoms with van der Waals surface area (Å²) in [7, 11) is -5.41. The van der Waals surface area contributed by atoms with Crippen LogP contribution in [-0.2, 0) is 21.3 Å². The molecule has 0 radical (unpaired) electrons. The minimum Gasteiger partial charge on any atom is -0.365 e. The fourth-order valence-corrected chi connectivity index (χ4v) is 9.06. The summed E-state index contributed by atoms with van der Waals surface area (Å²) in [6, 6.07) is 3.85. The maximum absolute atomic E-state index is 14.1. The average Bonchev–Trinajstić information content (AvgIpc) is 3.20. The van der Waals surface area contributed by atoms with E-state index < -0.39 is 35.1 Å². The molecular formula is C26H33ClF2N6O3S3Si. The molecule has 228 valence electrons. The van der Waals surface area contributed by atoms with Gasteiger partial charge in [-0.15, -0.1) is 21.5 Å². The molecule has 9 nitrogen and oxygen atoms in total. The average molecular weight is 675 g/mol. The molecule has 0 aliphatic heterocycles. The Hall–Kier alpha value is -1.88. The summed E-state index contributed by atoms with van der Waals surface area (Å²) >= 11 is 9.05. The molecule has 3 aromatic heterocycles. The molecular weight excluding hydrogens is 642 g/mol. The summed E-state index contributed by atoms with van der Waals surface area (Å²) < 4.78 is 64.0. The van der Waals surface area contributed by atoms with Crippen LogP contribution in [0.3, 0.4) is 0 Å². The smallest absolute Gasteiger partial charge is 0.291 e. The monoisotopic (exact) mass is 674 g/mol. The minimum atomic E-state index is -4.05. The van der Waals surface area contributed by atoms with Crippen molar-refractivity contribution in [2.75, 3.05) is 13.3 Å². The van der Waals surface area contributed by atoms with Crippen molar-refractivity contribution in [3.8, 4) is 10.7 Å². The first kappa shape index (κ1) is 31.5. The molecule has 1 aliphatic carbocycles. The SMILES string of the molecule is Cc1nc(C)c(Cn2nc(-c3nnc(C(F)F)s3)c3cc(S(=O)(=O)N(COCC[Si](C)(C)C)C4(C)CC4)cc(Cl)c32)s1. The van der Waals surface area contributed by atoms with Gasteiger partial charge in [0.2, 0.25) is 10.0 Å². The third kappa shape index (κ3) is 6.47. The van der Waals surface area contributed by atoms with Crippen molar-refractivity contribution in [3.05, 3.63) is 37.7 Å². The maximum atomic E-state index is 14.1. The summed E-state index contributed by atoms with van der Waals surface area (Å²) in [5.74, 6) is 0. The Morgan fingerprint density at radius 2 is 1.90 bits per heavy atom.